The first-order chi connectivity index (χ1) is 15.6. The van der Waals surface area contributed by atoms with Gasteiger partial charge in [-0.2, -0.15) is 4.98 Å². The fourth-order valence-electron chi connectivity index (χ4n) is 3.80. The molecule has 0 unspecified atom stereocenters. The number of aromatic nitrogens is 3. The largest absolute Gasteiger partial charge is 0.467 e. The molecule has 0 radical (unpaired) electrons. The number of amides is 2. The molecule has 168 valence electrons. The zero-order valence-electron chi connectivity index (χ0n) is 17.5. The average molecular weight is 457 g/mol. The summed E-state index contributed by atoms with van der Waals surface area (Å²) in [6, 6.07) is 3.86. The minimum atomic E-state index is -0.310. The van der Waals surface area contributed by atoms with Gasteiger partial charge in [-0.15, -0.1) is 0 Å². The number of piperidine rings is 1. The molecule has 10 nitrogen and oxygen atoms in total. The van der Waals surface area contributed by atoms with Crippen molar-refractivity contribution in [1.82, 2.24) is 25.2 Å². The molecule has 0 aromatic carbocycles. The van der Waals surface area contributed by atoms with E-state index < -0.39 is 0 Å². The van der Waals surface area contributed by atoms with Crippen molar-refractivity contribution in [3.8, 4) is 0 Å². The van der Waals surface area contributed by atoms with Gasteiger partial charge in [0.25, 0.3) is 5.56 Å². The lowest BCUT2D eigenvalue weighted by molar-refractivity contribution is -0.125. The number of rotatable bonds is 7. The monoisotopic (exact) mass is 456 g/mol. The fourth-order valence-corrected chi connectivity index (χ4v) is 4.81. The summed E-state index contributed by atoms with van der Waals surface area (Å²) < 4.78 is 6.88. The zero-order chi connectivity index (χ0) is 22.1. The van der Waals surface area contributed by atoms with Gasteiger partial charge in [-0.3, -0.25) is 19.0 Å². The summed E-state index contributed by atoms with van der Waals surface area (Å²) in [4.78, 5) is 48.5. The van der Waals surface area contributed by atoms with Gasteiger partial charge in [0.05, 0.1) is 18.7 Å². The fraction of sp³-hybridized carbons (Fsp3) is 0.476. The second kappa shape index (κ2) is 8.73. The van der Waals surface area contributed by atoms with Crippen LogP contribution in [-0.4, -0.2) is 45.5 Å². The molecule has 5 rings (SSSR count). The van der Waals surface area contributed by atoms with E-state index in [1.165, 1.54) is 28.5 Å². The number of fused-ring (bicyclic) bond motifs is 1. The van der Waals surface area contributed by atoms with Gasteiger partial charge >= 0.3 is 0 Å². The Labute approximate surface area is 187 Å². The van der Waals surface area contributed by atoms with Crippen molar-refractivity contribution in [2.24, 2.45) is 5.92 Å². The van der Waals surface area contributed by atoms with Crippen LogP contribution in [0.3, 0.4) is 0 Å². The van der Waals surface area contributed by atoms with E-state index in [1.54, 1.807) is 12.1 Å². The molecular formula is C21H24N6O4S. The highest BCUT2D eigenvalue weighted by molar-refractivity contribution is 7.22. The van der Waals surface area contributed by atoms with E-state index in [4.69, 9.17) is 4.42 Å². The first-order valence-corrected chi connectivity index (χ1v) is 11.6. The Kier molecular flexibility index (Phi) is 5.64. The normalized spacial score (nSPS) is 18.6. The lowest BCUT2D eigenvalue weighted by atomic mass is 9.97. The Balaban J connectivity index is 1.27. The molecule has 3 aromatic heterocycles. The first kappa shape index (κ1) is 20.7. The van der Waals surface area contributed by atoms with Crippen molar-refractivity contribution in [3.05, 3.63) is 40.8 Å². The first-order valence-electron chi connectivity index (χ1n) is 10.8. The van der Waals surface area contributed by atoms with Gasteiger partial charge in [0.1, 0.15) is 23.3 Å². The Morgan fingerprint density at radius 1 is 1.28 bits per heavy atom. The molecule has 1 atom stereocenters. The standard InChI is InChI=1S/C21H24N6O4S/c28-16(22-9-15-4-2-8-31-15)11-27-12-23-18-17(20(27)30)32-21(25-18)26-7-1-3-13(10-26)19(29)24-14-5-6-14/h2,4,8,12-14H,1,3,5-7,9-11H2,(H,22,28)(H,24,29)/t13-/m1/s1. The van der Waals surface area contributed by atoms with Crippen LogP contribution >= 0.6 is 11.3 Å². The Morgan fingerprint density at radius 2 is 2.16 bits per heavy atom. The molecule has 2 N–H and O–H groups in total. The highest BCUT2D eigenvalue weighted by Gasteiger charge is 2.31. The maximum Gasteiger partial charge on any atom is 0.273 e. The van der Waals surface area contributed by atoms with Gasteiger partial charge in [-0.1, -0.05) is 11.3 Å². The van der Waals surface area contributed by atoms with Crippen molar-refractivity contribution in [1.29, 1.82) is 0 Å². The van der Waals surface area contributed by atoms with E-state index >= 15 is 0 Å². The van der Waals surface area contributed by atoms with Crippen molar-refractivity contribution < 1.29 is 14.0 Å². The van der Waals surface area contributed by atoms with Gasteiger partial charge in [0.15, 0.2) is 10.8 Å². The van der Waals surface area contributed by atoms with E-state index in [0.717, 1.165) is 32.2 Å². The Bertz CT molecular complexity index is 1180. The summed E-state index contributed by atoms with van der Waals surface area (Å²) >= 11 is 1.26. The Morgan fingerprint density at radius 3 is 2.94 bits per heavy atom. The van der Waals surface area contributed by atoms with Crippen LogP contribution in [0.25, 0.3) is 10.3 Å². The molecule has 4 heterocycles. The number of furan rings is 1. The third-order valence-electron chi connectivity index (χ3n) is 5.71. The highest BCUT2D eigenvalue weighted by Crippen LogP contribution is 2.30. The lowest BCUT2D eigenvalue weighted by Gasteiger charge is -2.31. The molecule has 2 amide bonds. The smallest absolute Gasteiger partial charge is 0.273 e. The van der Waals surface area contributed by atoms with E-state index in [0.29, 0.717) is 33.8 Å². The quantitative estimate of drug-likeness (QED) is 0.549. The SMILES string of the molecule is O=C(Cn1cnc2nc(N3CCC[C@@H](C(=O)NC4CC4)C3)sc2c1=O)NCc1ccco1. The minimum Gasteiger partial charge on any atom is -0.467 e. The third kappa shape index (κ3) is 4.52. The van der Waals surface area contributed by atoms with E-state index in [-0.39, 0.29) is 36.4 Å². The van der Waals surface area contributed by atoms with Crippen molar-refractivity contribution in [3.63, 3.8) is 0 Å². The topological polar surface area (TPSA) is 122 Å². The minimum absolute atomic E-state index is 0.0705. The van der Waals surface area contributed by atoms with Gasteiger partial charge in [-0.05, 0) is 37.8 Å². The van der Waals surface area contributed by atoms with Gasteiger partial charge in [0.2, 0.25) is 11.8 Å². The molecule has 1 aliphatic carbocycles. The van der Waals surface area contributed by atoms with Crippen molar-refractivity contribution in [2.45, 2.75) is 44.8 Å². The third-order valence-corrected chi connectivity index (χ3v) is 6.81. The van der Waals surface area contributed by atoms with Crippen LogP contribution in [0.4, 0.5) is 5.13 Å². The molecule has 1 saturated heterocycles. The molecule has 1 saturated carbocycles. The van der Waals surface area contributed by atoms with Crippen molar-refractivity contribution >= 4 is 38.6 Å². The van der Waals surface area contributed by atoms with E-state index in [1.807, 2.05) is 0 Å². The summed E-state index contributed by atoms with van der Waals surface area (Å²) in [5.74, 6) is 0.366. The predicted molar refractivity (Wildman–Crippen MR) is 118 cm³/mol. The number of hydrogen-bond donors (Lipinski definition) is 2. The van der Waals surface area contributed by atoms with Crippen LogP contribution < -0.4 is 21.1 Å². The molecule has 3 aromatic rings. The van der Waals surface area contributed by atoms with Gasteiger partial charge < -0.3 is 20.0 Å². The van der Waals surface area contributed by atoms with Crippen molar-refractivity contribution in [2.75, 3.05) is 18.0 Å². The maximum absolute atomic E-state index is 12.9. The second-order valence-electron chi connectivity index (χ2n) is 8.25. The molecule has 32 heavy (non-hydrogen) atoms. The number of carbonyl (C=O) groups is 2. The van der Waals surface area contributed by atoms with E-state index in [2.05, 4.69) is 25.5 Å². The highest BCUT2D eigenvalue weighted by atomic mass is 32.1. The number of carbonyl (C=O) groups excluding carboxylic acids is 2. The van der Waals surface area contributed by atoms with E-state index in [9.17, 15) is 14.4 Å². The van der Waals surface area contributed by atoms with Gasteiger partial charge in [0, 0.05) is 19.1 Å². The van der Waals surface area contributed by atoms with Crippen LogP contribution in [-0.2, 0) is 22.7 Å². The van der Waals surface area contributed by atoms with Crippen LogP contribution in [0.2, 0.25) is 0 Å². The van der Waals surface area contributed by atoms with Crippen LogP contribution in [0, 0.1) is 5.92 Å². The molecule has 0 spiro atoms. The number of anilines is 1. The molecule has 11 heteroatoms. The summed E-state index contributed by atoms with van der Waals surface area (Å²) in [5.41, 5.74) is 0.0683. The lowest BCUT2D eigenvalue weighted by Crippen LogP contribution is -2.43. The van der Waals surface area contributed by atoms with Crippen LogP contribution in [0.1, 0.15) is 31.4 Å². The summed E-state index contributed by atoms with van der Waals surface area (Å²) in [6.07, 6.45) is 6.78. The molecule has 2 fully saturated rings. The number of thiazole rings is 1. The van der Waals surface area contributed by atoms with Gasteiger partial charge in [-0.25, -0.2) is 4.98 Å². The number of nitrogens with zero attached hydrogens (tertiary/aromatic N) is 4. The predicted octanol–water partition coefficient (Wildman–Crippen LogP) is 1.26. The second-order valence-corrected chi connectivity index (χ2v) is 9.23. The maximum atomic E-state index is 12.9. The molecule has 0 bridgehead atoms. The van der Waals surface area contributed by atoms with Crippen LogP contribution in [0.5, 0.6) is 0 Å². The molecule has 2 aliphatic rings. The summed E-state index contributed by atoms with van der Waals surface area (Å²) in [5, 5.41) is 6.49. The zero-order valence-corrected chi connectivity index (χ0v) is 18.3. The Hall–Kier alpha value is -3.21. The summed E-state index contributed by atoms with van der Waals surface area (Å²) in [7, 11) is 0. The number of hydrogen-bond acceptors (Lipinski definition) is 8. The molecular weight excluding hydrogens is 432 g/mol. The molecule has 1 aliphatic heterocycles. The summed E-state index contributed by atoms with van der Waals surface area (Å²) in [6.45, 7) is 1.49. The number of nitrogens with one attached hydrogen (secondary N) is 2. The average Bonchev–Trinajstić information content (AvgIpc) is 3.27. The van der Waals surface area contributed by atoms with Crippen LogP contribution in [0.15, 0.2) is 33.9 Å².